The van der Waals surface area contributed by atoms with E-state index in [1.807, 2.05) is 0 Å². The second kappa shape index (κ2) is 6.13. The number of alkyl halides is 3. The fourth-order valence-corrected chi connectivity index (χ4v) is 1.94. The molecule has 0 heterocycles. The average molecular weight is 337 g/mol. The lowest BCUT2D eigenvalue weighted by Gasteiger charge is -2.15. The van der Waals surface area contributed by atoms with Crippen molar-refractivity contribution >= 4 is 23.2 Å². The zero-order valence-corrected chi connectivity index (χ0v) is 11.9. The van der Waals surface area contributed by atoms with Gasteiger partial charge in [-0.05, 0) is 29.8 Å². The summed E-state index contributed by atoms with van der Waals surface area (Å²) in [4.78, 5) is 0. The molecule has 0 unspecified atom stereocenters. The van der Waals surface area contributed by atoms with Gasteiger partial charge in [0.15, 0.2) is 0 Å². The summed E-state index contributed by atoms with van der Waals surface area (Å²) < 4.78 is 44.2. The van der Waals surface area contributed by atoms with Crippen molar-refractivity contribution in [1.29, 1.82) is 0 Å². The average Bonchev–Trinajstić information content (AvgIpc) is 2.42. The van der Waals surface area contributed by atoms with E-state index in [-0.39, 0.29) is 27.1 Å². The zero-order chi connectivity index (χ0) is 15.6. The molecule has 0 saturated heterocycles. The predicted octanol–water partition coefficient (Wildman–Crippen LogP) is 5.30. The van der Waals surface area contributed by atoms with Crippen molar-refractivity contribution in [1.82, 2.24) is 0 Å². The molecule has 2 aromatic rings. The van der Waals surface area contributed by atoms with E-state index in [9.17, 15) is 13.2 Å². The number of halogens is 5. The SMILES string of the molecule is OCc1ccc(Oc2ccc(Cl)c(Cl)c2)c(C(F)(F)F)c1. The van der Waals surface area contributed by atoms with Crippen molar-refractivity contribution in [2.75, 3.05) is 0 Å². The van der Waals surface area contributed by atoms with Crippen LogP contribution in [0.2, 0.25) is 10.0 Å². The molecular formula is C14H9Cl2F3O2. The Morgan fingerprint density at radius 1 is 1.00 bits per heavy atom. The Bertz CT molecular complexity index is 657. The fraction of sp³-hybridized carbons (Fsp3) is 0.143. The Labute approximate surface area is 128 Å². The minimum atomic E-state index is -4.60. The lowest BCUT2D eigenvalue weighted by Crippen LogP contribution is -2.08. The number of hydrogen-bond acceptors (Lipinski definition) is 2. The number of aliphatic hydroxyl groups is 1. The first kappa shape index (κ1) is 15.9. The molecule has 21 heavy (non-hydrogen) atoms. The van der Waals surface area contributed by atoms with Gasteiger partial charge in [0.1, 0.15) is 11.5 Å². The molecule has 0 radical (unpaired) electrons. The van der Waals surface area contributed by atoms with Crippen molar-refractivity contribution in [3.8, 4) is 11.5 Å². The molecule has 0 saturated carbocycles. The maximum absolute atomic E-state index is 13.0. The van der Waals surface area contributed by atoms with Crippen molar-refractivity contribution in [2.45, 2.75) is 12.8 Å². The predicted molar refractivity (Wildman–Crippen MR) is 73.9 cm³/mol. The third-order valence-corrected chi connectivity index (χ3v) is 3.39. The Kier molecular flexibility index (Phi) is 4.66. The third-order valence-electron chi connectivity index (χ3n) is 2.65. The summed E-state index contributed by atoms with van der Waals surface area (Å²) >= 11 is 11.5. The summed E-state index contributed by atoms with van der Waals surface area (Å²) in [6.45, 7) is -0.490. The summed E-state index contributed by atoms with van der Waals surface area (Å²) in [6.07, 6.45) is -4.60. The summed E-state index contributed by atoms with van der Waals surface area (Å²) in [7, 11) is 0. The van der Waals surface area contributed by atoms with Crippen LogP contribution in [-0.2, 0) is 12.8 Å². The van der Waals surface area contributed by atoms with Crippen LogP contribution in [0, 0.1) is 0 Å². The van der Waals surface area contributed by atoms with Crippen LogP contribution in [0.5, 0.6) is 11.5 Å². The van der Waals surface area contributed by atoms with Gasteiger partial charge in [-0.25, -0.2) is 0 Å². The molecule has 0 fully saturated rings. The molecule has 0 aliphatic carbocycles. The van der Waals surface area contributed by atoms with Crippen LogP contribution < -0.4 is 4.74 Å². The van der Waals surface area contributed by atoms with Crippen LogP contribution in [-0.4, -0.2) is 5.11 Å². The molecule has 2 aromatic carbocycles. The quantitative estimate of drug-likeness (QED) is 0.824. The van der Waals surface area contributed by atoms with Crippen molar-refractivity contribution in [3.05, 3.63) is 57.6 Å². The summed E-state index contributed by atoms with van der Waals surface area (Å²) in [5, 5.41) is 9.38. The van der Waals surface area contributed by atoms with Crippen molar-refractivity contribution < 1.29 is 23.0 Å². The van der Waals surface area contributed by atoms with Gasteiger partial charge in [-0.2, -0.15) is 13.2 Å². The van der Waals surface area contributed by atoms with E-state index < -0.39 is 18.3 Å². The molecule has 2 rings (SSSR count). The highest BCUT2D eigenvalue weighted by Gasteiger charge is 2.34. The Balaban J connectivity index is 2.41. The van der Waals surface area contributed by atoms with Crippen molar-refractivity contribution in [2.24, 2.45) is 0 Å². The molecule has 0 aromatic heterocycles. The van der Waals surface area contributed by atoms with E-state index in [2.05, 4.69) is 0 Å². The van der Waals surface area contributed by atoms with Gasteiger partial charge in [0.05, 0.1) is 22.2 Å². The maximum Gasteiger partial charge on any atom is 0.419 e. The maximum atomic E-state index is 13.0. The number of benzene rings is 2. The van der Waals surface area contributed by atoms with Crippen LogP contribution in [0.3, 0.4) is 0 Å². The van der Waals surface area contributed by atoms with Crippen LogP contribution in [0.25, 0.3) is 0 Å². The van der Waals surface area contributed by atoms with Crippen molar-refractivity contribution in [3.63, 3.8) is 0 Å². The molecule has 0 bridgehead atoms. The highest BCUT2D eigenvalue weighted by molar-refractivity contribution is 6.42. The smallest absolute Gasteiger partial charge is 0.419 e. The number of ether oxygens (including phenoxy) is 1. The minimum absolute atomic E-state index is 0.131. The monoisotopic (exact) mass is 336 g/mol. The first-order chi connectivity index (χ1) is 9.81. The molecule has 1 N–H and O–H groups in total. The number of aliphatic hydroxyl groups excluding tert-OH is 1. The second-order valence-corrected chi connectivity index (χ2v) is 4.98. The molecule has 0 spiro atoms. The minimum Gasteiger partial charge on any atom is -0.457 e. The first-order valence-corrected chi connectivity index (χ1v) is 6.50. The summed E-state index contributed by atoms with van der Waals surface area (Å²) in [5.74, 6) is -0.246. The van der Waals surface area contributed by atoms with Gasteiger partial charge < -0.3 is 9.84 Å². The second-order valence-electron chi connectivity index (χ2n) is 4.16. The molecule has 2 nitrogen and oxygen atoms in total. The summed E-state index contributed by atoms with van der Waals surface area (Å²) in [6, 6.07) is 7.50. The Hall–Kier alpha value is -1.43. The van der Waals surface area contributed by atoms with Gasteiger partial charge in [0.2, 0.25) is 0 Å². The third kappa shape index (κ3) is 3.81. The van der Waals surface area contributed by atoms with E-state index in [1.54, 1.807) is 0 Å². The van der Waals surface area contributed by atoms with E-state index in [0.29, 0.717) is 0 Å². The first-order valence-electron chi connectivity index (χ1n) is 5.75. The highest BCUT2D eigenvalue weighted by Crippen LogP contribution is 2.39. The van der Waals surface area contributed by atoms with E-state index in [0.717, 1.165) is 12.1 Å². The molecule has 0 aliphatic heterocycles. The number of hydrogen-bond donors (Lipinski definition) is 1. The topological polar surface area (TPSA) is 29.5 Å². The normalized spacial score (nSPS) is 11.5. The Morgan fingerprint density at radius 3 is 2.29 bits per heavy atom. The molecule has 0 aliphatic rings. The fourth-order valence-electron chi connectivity index (χ4n) is 1.65. The van der Waals surface area contributed by atoms with Gasteiger partial charge in [0.25, 0.3) is 0 Å². The molecule has 0 amide bonds. The van der Waals surface area contributed by atoms with Crippen LogP contribution in [0.1, 0.15) is 11.1 Å². The van der Waals surface area contributed by atoms with Gasteiger partial charge in [0, 0.05) is 6.07 Å². The molecule has 112 valence electrons. The molecular weight excluding hydrogens is 328 g/mol. The van der Waals surface area contributed by atoms with Crippen LogP contribution in [0.15, 0.2) is 36.4 Å². The van der Waals surface area contributed by atoms with Crippen LogP contribution >= 0.6 is 23.2 Å². The lowest BCUT2D eigenvalue weighted by atomic mass is 10.1. The van der Waals surface area contributed by atoms with Gasteiger partial charge in [-0.15, -0.1) is 0 Å². The van der Waals surface area contributed by atoms with Gasteiger partial charge >= 0.3 is 6.18 Å². The molecule has 0 atom stereocenters. The number of rotatable bonds is 3. The molecule has 7 heteroatoms. The van der Waals surface area contributed by atoms with Crippen LogP contribution in [0.4, 0.5) is 13.2 Å². The lowest BCUT2D eigenvalue weighted by molar-refractivity contribution is -0.138. The largest absolute Gasteiger partial charge is 0.457 e. The van der Waals surface area contributed by atoms with Gasteiger partial charge in [-0.1, -0.05) is 29.3 Å². The van der Waals surface area contributed by atoms with E-state index >= 15 is 0 Å². The highest BCUT2D eigenvalue weighted by atomic mass is 35.5. The van der Waals surface area contributed by atoms with E-state index in [4.69, 9.17) is 33.0 Å². The standard InChI is InChI=1S/C14H9Cl2F3O2/c15-11-3-2-9(6-12(11)16)21-13-4-1-8(7-20)5-10(13)14(17,18)19/h1-6,20H,7H2. The zero-order valence-electron chi connectivity index (χ0n) is 10.4. The summed E-state index contributed by atoms with van der Waals surface area (Å²) in [5.41, 5.74) is -0.830. The van der Waals surface area contributed by atoms with E-state index in [1.165, 1.54) is 24.3 Å². The Morgan fingerprint density at radius 2 is 1.71 bits per heavy atom. The van der Waals surface area contributed by atoms with Gasteiger partial charge in [-0.3, -0.25) is 0 Å².